The minimum absolute atomic E-state index is 0.0673. The Morgan fingerprint density at radius 3 is 2.10 bits per heavy atom. The first-order valence-corrected chi connectivity index (χ1v) is 12.6. The molecule has 40 heavy (non-hydrogen) atoms. The second kappa shape index (κ2) is 15.2. The molecule has 1 heterocycles. The average molecular weight is 562 g/mol. The maximum absolute atomic E-state index is 13.1. The molecule has 15 nitrogen and oxygen atoms in total. The molecule has 15 heteroatoms. The van der Waals surface area contributed by atoms with Crippen LogP contribution in [-0.2, 0) is 35.2 Å². The number of fused-ring (bicyclic) bond motifs is 1. The summed E-state index contributed by atoms with van der Waals surface area (Å²) in [5.41, 5.74) is 17.6. The summed E-state index contributed by atoms with van der Waals surface area (Å²) in [5, 5.41) is 26.8. The Kier molecular flexibility index (Phi) is 12.0. The highest BCUT2D eigenvalue weighted by atomic mass is 16.4. The number of amides is 4. The molecule has 2 rings (SSSR count). The van der Waals surface area contributed by atoms with Gasteiger partial charge in [0, 0.05) is 23.5 Å². The van der Waals surface area contributed by atoms with Gasteiger partial charge in [0.15, 0.2) is 0 Å². The van der Waals surface area contributed by atoms with Gasteiger partial charge in [-0.15, -0.1) is 0 Å². The lowest BCUT2D eigenvalue weighted by Gasteiger charge is -2.24. The summed E-state index contributed by atoms with van der Waals surface area (Å²) in [6.45, 7) is 0.306. The largest absolute Gasteiger partial charge is 0.481 e. The van der Waals surface area contributed by atoms with Gasteiger partial charge >= 0.3 is 11.9 Å². The average Bonchev–Trinajstić information content (AvgIpc) is 3.29. The summed E-state index contributed by atoms with van der Waals surface area (Å²) < 4.78 is 0. The number of carboxylic acids is 2. The molecule has 0 saturated carbocycles. The maximum Gasteiger partial charge on any atom is 0.326 e. The summed E-state index contributed by atoms with van der Waals surface area (Å²) in [5.74, 6) is -6.42. The molecular weight excluding hydrogens is 526 g/mol. The number of benzene rings is 1. The number of aromatic amines is 1. The topological polar surface area (TPSA) is 273 Å². The van der Waals surface area contributed by atoms with Crippen LogP contribution in [0.5, 0.6) is 0 Å². The van der Waals surface area contributed by atoms with Crippen molar-refractivity contribution in [1.29, 1.82) is 0 Å². The van der Waals surface area contributed by atoms with E-state index >= 15 is 0 Å². The number of hydrogen-bond acceptors (Lipinski definition) is 8. The van der Waals surface area contributed by atoms with Crippen LogP contribution in [0, 0.1) is 0 Å². The quantitative estimate of drug-likeness (QED) is 0.0963. The van der Waals surface area contributed by atoms with Crippen LogP contribution in [-0.4, -0.2) is 81.5 Å². The number of hydrogen-bond donors (Lipinski definition) is 9. The van der Waals surface area contributed by atoms with Crippen LogP contribution in [0.2, 0.25) is 0 Å². The van der Waals surface area contributed by atoms with Gasteiger partial charge in [-0.3, -0.25) is 24.0 Å². The Hall–Kier alpha value is -4.50. The zero-order chi connectivity index (χ0) is 29.8. The van der Waals surface area contributed by atoms with Gasteiger partial charge in [0.05, 0.1) is 18.9 Å². The monoisotopic (exact) mass is 561 g/mol. The van der Waals surface area contributed by atoms with E-state index in [9.17, 15) is 39.0 Å². The third-order valence-corrected chi connectivity index (χ3v) is 6.06. The predicted molar refractivity (Wildman–Crippen MR) is 142 cm³/mol. The predicted octanol–water partition coefficient (Wildman–Crippen LogP) is -1.94. The van der Waals surface area contributed by atoms with Crippen LogP contribution in [0.1, 0.15) is 37.7 Å². The number of rotatable bonds is 17. The van der Waals surface area contributed by atoms with Crippen LogP contribution in [0.15, 0.2) is 30.5 Å². The molecule has 0 fully saturated rings. The standard InChI is InChI=1S/C25H35N7O8/c26-8-4-3-7-17(30-22(36)15(27)10-20(28)33)23(37)31-18(11-21(34)35)24(38)32-19(25(39)40)9-13-12-29-16-6-2-1-5-14(13)16/h1-2,5-6,12,15,17-19,29H,3-4,7-11,26-27H2,(H2,28,33)(H,30,36)(H,31,37)(H,32,38)(H,34,35)(H,39,40). The number of aromatic nitrogens is 1. The van der Waals surface area contributed by atoms with Crippen molar-refractivity contribution in [3.05, 3.63) is 36.0 Å². The number of para-hydroxylation sites is 1. The van der Waals surface area contributed by atoms with E-state index in [2.05, 4.69) is 20.9 Å². The van der Waals surface area contributed by atoms with Gasteiger partial charge in [-0.2, -0.15) is 0 Å². The molecular formula is C25H35N7O8. The van der Waals surface area contributed by atoms with Gasteiger partial charge in [0.1, 0.15) is 18.1 Å². The highest BCUT2D eigenvalue weighted by Gasteiger charge is 2.32. The van der Waals surface area contributed by atoms with Crippen molar-refractivity contribution in [1.82, 2.24) is 20.9 Å². The van der Waals surface area contributed by atoms with Crippen molar-refractivity contribution >= 4 is 46.5 Å². The van der Waals surface area contributed by atoms with Crippen molar-refractivity contribution in [2.24, 2.45) is 17.2 Å². The number of primary amides is 1. The van der Waals surface area contributed by atoms with Crippen LogP contribution in [0.4, 0.5) is 0 Å². The highest BCUT2D eigenvalue weighted by Crippen LogP contribution is 2.19. The molecule has 0 aliphatic rings. The summed E-state index contributed by atoms with van der Waals surface area (Å²) >= 11 is 0. The molecule has 0 spiro atoms. The Morgan fingerprint density at radius 1 is 0.850 bits per heavy atom. The van der Waals surface area contributed by atoms with E-state index in [-0.39, 0.29) is 12.8 Å². The van der Waals surface area contributed by atoms with E-state index in [1.165, 1.54) is 0 Å². The Bertz CT molecular complexity index is 1230. The van der Waals surface area contributed by atoms with Crippen LogP contribution in [0.25, 0.3) is 10.9 Å². The molecule has 1 aromatic heterocycles. The number of nitrogens with one attached hydrogen (secondary N) is 4. The molecule has 4 amide bonds. The van der Waals surface area contributed by atoms with Gasteiger partial charge in [0.25, 0.3) is 0 Å². The molecule has 2 aromatic rings. The minimum Gasteiger partial charge on any atom is -0.481 e. The lowest BCUT2D eigenvalue weighted by Crippen LogP contribution is -2.57. The zero-order valence-electron chi connectivity index (χ0n) is 21.7. The molecule has 218 valence electrons. The molecule has 0 saturated heterocycles. The number of nitrogens with two attached hydrogens (primary N) is 3. The van der Waals surface area contributed by atoms with Crippen LogP contribution >= 0.6 is 0 Å². The zero-order valence-corrected chi connectivity index (χ0v) is 21.7. The molecule has 0 bridgehead atoms. The van der Waals surface area contributed by atoms with Gasteiger partial charge in [-0.25, -0.2) is 4.79 Å². The fourth-order valence-electron chi connectivity index (χ4n) is 4.00. The fraction of sp³-hybridized carbons (Fsp3) is 0.440. The Labute approximate surface area is 229 Å². The lowest BCUT2D eigenvalue weighted by atomic mass is 10.0. The smallest absolute Gasteiger partial charge is 0.326 e. The normalized spacial score (nSPS) is 13.9. The first kappa shape index (κ1) is 31.7. The van der Waals surface area contributed by atoms with E-state index in [0.717, 1.165) is 10.9 Å². The van der Waals surface area contributed by atoms with E-state index in [4.69, 9.17) is 17.2 Å². The third kappa shape index (κ3) is 9.67. The van der Waals surface area contributed by atoms with Gasteiger partial charge < -0.3 is 48.3 Å². The third-order valence-electron chi connectivity index (χ3n) is 6.06. The van der Waals surface area contributed by atoms with Crippen molar-refractivity contribution in [2.75, 3.05) is 6.54 Å². The van der Waals surface area contributed by atoms with Crippen LogP contribution in [0.3, 0.4) is 0 Å². The summed E-state index contributed by atoms with van der Waals surface area (Å²) in [6, 6.07) is 1.48. The first-order valence-electron chi connectivity index (χ1n) is 12.6. The molecule has 0 aliphatic carbocycles. The molecule has 4 atom stereocenters. The van der Waals surface area contributed by atoms with Crippen molar-refractivity contribution in [2.45, 2.75) is 62.7 Å². The SMILES string of the molecule is NCCCCC(NC(=O)C(N)CC(N)=O)C(=O)NC(CC(=O)O)C(=O)NC(Cc1c[nH]c2ccccc12)C(=O)O. The molecule has 12 N–H and O–H groups in total. The van der Waals surface area contributed by atoms with E-state index < -0.39 is 72.6 Å². The number of carbonyl (C=O) groups excluding carboxylic acids is 4. The Balaban J connectivity index is 2.18. The van der Waals surface area contributed by atoms with Crippen LogP contribution < -0.4 is 33.2 Å². The van der Waals surface area contributed by atoms with E-state index in [1.807, 2.05) is 0 Å². The van der Waals surface area contributed by atoms with Crippen molar-refractivity contribution in [3.8, 4) is 0 Å². The number of carbonyl (C=O) groups is 6. The van der Waals surface area contributed by atoms with Crippen molar-refractivity contribution < 1.29 is 39.0 Å². The Morgan fingerprint density at radius 2 is 1.48 bits per heavy atom. The number of carboxylic acid groups (broad SMARTS) is 2. The first-order chi connectivity index (χ1) is 18.9. The van der Waals surface area contributed by atoms with Gasteiger partial charge in [-0.05, 0) is 37.4 Å². The highest BCUT2D eigenvalue weighted by molar-refractivity contribution is 5.96. The second-order valence-electron chi connectivity index (χ2n) is 9.24. The fourth-order valence-corrected chi connectivity index (χ4v) is 4.00. The maximum atomic E-state index is 13.1. The number of aliphatic carboxylic acids is 2. The summed E-state index contributed by atoms with van der Waals surface area (Å²) in [7, 11) is 0. The van der Waals surface area contributed by atoms with Crippen molar-refractivity contribution in [3.63, 3.8) is 0 Å². The molecule has 0 radical (unpaired) electrons. The van der Waals surface area contributed by atoms with E-state index in [0.29, 0.717) is 24.9 Å². The molecule has 1 aromatic carbocycles. The minimum atomic E-state index is -1.66. The number of unbranched alkanes of at least 4 members (excludes halogenated alkanes) is 1. The lowest BCUT2D eigenvalue weighted by molar-refractivity contribution is -0.143. The van der Waals surface area contributed by atoms with E-state index in [1.54, 1.807) is 30.5 Å². The number of H-pyrrole nitrogens is 1. The van der Waals surface area contributed by atoms with Gasteiger partial charge in [-0.1, -0.05) is 18.2 Å². The molecule has 0 aliphatic heterocycles. The van der Waals surface area contributed by atoms with Gasteiger partial charge in [0.2, 0.25) is 23.6 Å². The summed E-state index contributed by atoms with van der Waals surface area (Å²) in [6.07, 6.45) is 1.12. The molecule has 4 unspecified atom stereocenters. The second-order valence-corrected chi connectivity index (χ2v) is 9.24. The summed E-state index contributed by atoms with van der Waals surface area (Å²) in [4.78, 5) is 76.0.